The van der Waals surface area contributed by atoms with Crippen molar-refractivity contribution in [3.63, 3.8) is 0 Å². The van der Waals surface area contributed by atoms with E-state index >= 15 is 0 Å². The van der Waals surface area contributed by atoms with Gasteiger partial charge in [0.15, 0.2) is 0 Å². The SMILES string of the molecule is O=C(O)CCOCCN1C(=O)/C(=C/c2ccc(-c3cc(C(F)(F)F)c(F)cc3F)o2)SC1=S. The first-order chi connectivity index (χ1) is 15.5. The van der Waals surface area contributed by atoms with Crippen molar-refractivity contribution in [2.45, 2.75) is 12.6 Å². The Morgan fingerprint density at radius 1 is 1.21 bits per heavy atom. The fourth-order valence-electron chi connectivity index (χ4n) is 2.77. The molecule has 6 nitrogen and oxygen atoms in total. The van der Waals surface area contributed by atoms with Gasteiger partial charge in [-0.25, -0.2) is 8.78 Å². The van der Waals surface area contributed by atoms with E-state index in [1.807, 2.05) is 0 Å². The van der Waals surface area contributed by atoms with Crippen molar-refractivity contribution in [1.29, 1.82) is 0 Å². The average molecular weight is 507 g/mol. The number of aliphatic carboxylic acids is 1. The Hall–Kier alpha value is -2.77. The summed E-state index contributed by atoms with van der Waals surface area (Å²) < 4.78 is 77.1. The first-order valence-electron chi connectivity index (χ1n) is 9.18. The molecule has 176 valence electrons. The highest BCUT2D eigenvalue weighted by molar-refractivity contribution is 8.26. The summed E-state index contributed by atoms with van der Waals surface area (Å²) in [7, 11) is 0. The van der Waals surface area contributed by atoms with Gasteiger partial charge in [0, 0.05) is 12.1 Å². The lowest BCUT2D eigenvalue weighted by atomic mass is 10.1. The lowest BCUT2D eigenvalue weighted by molar-refractivity contribution is -0.140. The van der Waals surface area contributed by atoms with Crippen LogP contribution in [0, 0.1) is 11.6 Å². The van der Waals surface area contributed by atoms with E-state index in [-0.39, 0.29) is 53.0 Å². The molecule has 1 aromatic carbocycles. The van der Waals surface area contributed by atoms with Gasteiger partial charge in [-0.2, -0.15) is 13.2 Å². The molecule has 0 saturated carbocycles. The molecular weight excluding hydrogens is 493 g/mol. The number of rotatable bonds is 8. The van der Waals surface area contributed by atoms with Crippen LogP contribution in [0.25, 0.3) is 17.4 Å². The lowest BCUT2D eigenvalue weighted by Gasteiger charge is -2.14. The van der Waals surface area contributed by atoms with Crippen LogP contribution in [0.2, 0.25) is 0 Å². The second-order valence-electron chi connectivity index (χ2n) is 6.60. The van der Waals surface area contributed by atoms with Crippen LogP contribution in [0.3, 0.4) is 0 Å². The van der Waals surface area contributed by atoms with Crippen LogP contribution in [0.1, 0.15) is 17.7 Å². The number of benzene rings is 1. The number of hydrogen-bond acceptors (Lipinski definition) is 6. The van der Waals surface area contributed by atoms with Gasteiger partial charge in [0.25, 0.3) is 5.91 Å². The second kappa shape index (κ2) is 10.0. The maximum Gasteiger partial charge on any atom is 0.419 e. The van der Waals surface area contributed by atoms with E-state index in [2.05, 4.69) is 0 Å². The number of halogens is 5. The monoisotopic (exact) mass is 507 g/mol. The number of hydrogen-bond donors (Lipinski definition) is 1. The number of carboxylic acids is 1. The minimum absolute atomic E-state index is 0.0227. The fourth-order valence-corrected chi connectivity index (χ4v) is 4.06. The zero-order chi connectivity index (χ0) is 24.3. The zero-order valence-corrected chi connectivity index (χ0v) is 18.1. The summed E-state index contributed by atoms with van der Waals surface area (Å²) in [6.07, 6.45) is -3.91. The van der Waals surface area contributed by atoms with Crippen LogP contribution >= 0.6 is 24.0 Å². The molecule has 13 heteroatoms. The minimum atomic E-state index is -5.02. The number of ether oxygens (including phenoxy) is 1. The van der Waals surface area contributed by atoms with Crippen LogP contribution in [0.4, 0.5) is 22.0 Å². The van der Waals surface area contributed by atoms with Crippen molar-refractivity contribution in [1.82, 2.24) is 4.90 Å². The zero-order valence-electron chi connectivity index (χ0n) is 16.4. The molecule has 1 aliphatic heterocycles. The highest BCUT2D eigenvalue weighted by Gasteiger charge is 2.36. The molecule has 33 heavy (non-hydrogen) atoms. The summed E-state index contributed by atoms with van der Waals surface area (Å²) in [4.78, 5) is 24.4. The van der Waals surface area contributed by atoms with Gasteiger partial charge in [-0.05, 0) is 18.2 Å². The smallest absolute Gasteiger partial charge is 0.419 e. The number of carbonyl (C=O) groups excluding carboxylic acids is 1. The summed E-state index contributed by atoms with van der Waals surface area (Å²) in [6.45, 7) is 0.125. The van der Waals surface area contributed by atoms with Crippen molar-refractivity contribution < 1.29 is 45.8 Å². The van der Waals surface area contributed by atoms with Gasteiger partial charge >= 0.3 is 12.1 Å². The summed E-state index contributed by atoms with van der Waals surface area (Å²) >= 11 is 6.09. The predicted molar refractivity (Wildman–Crippen MR) is 112 cm³/mol. The fraction of sp³-hybridized carbons (Fsp3) is 0.250. The molecule has 3 rings (SSSR count). The standard InChI is InChI=1S/C20H14F5NO5S2/c21-13-9-14(22)12(20(23,24)25)8-11(13)15-2-1-10(31-15)7-16-18(29)26(19(32)33-16)4-6-30-5-3-17(27)28/h1-2,7-9H,3-6H2,(H,27,28)/b16-7-. The highest BCUT2D eigenvalue weighted by Crippen LogP contribution is 2.37. The minimum Gasteiger partial charge on any atom is -0.481 e. The Morgan fingerprint density at radius 2 is 1.94 bits per heavy atom. The van der Waals surface area contributed by atoms with Gasteiger partial charge in [-0.1, -0.05) is 24.0 Å². The van der Waals surface area contributed by atoms with Crippen LogP contribution in [0.5, 0.6) is 0 Å². The maximum absolute atomic E-state index is 14.1. The van der Waals surface area contributed by atoms with Crippen molar-refractivity contribution >= 4 is 46.3 Å². The lowest BCUT2D eigenvalue weighted by Crippen LogP contribution is -2.31. The largest absolute Gasteiger partial charge is 0.481 e. The van der Waals surface area contributed by atoms with Gasteiger partial charge < -0.3 is 14.3 Å². The van der Waals surface area contributed by atoms with E-state index in [1.165, 1.54) is 23.1 Å². The van der Waals surface area contributed by atoms with E-state index in [0.29, 0.717) is 6.07 Å². The molecule has 0 radical (unpaired) electrons. The van der Waals surface area contributed by atoms with Gasteiger partial charge in [0.05, 0.1) is 42.2 Å². The molecule has 0 spiro atoms. The van der Waals surface area contributed by atoms with E-state index in [9.17, 15) is 31.5 Å². The summed E-state index contributed by atoms with van der Waals surface area (Å²) in [6, 6.07) is 2.95. The molecule has 1 aliphatic rings. The molecule has 0 bridgehead atoms. The van der Waals surface area contributed by atoms with Crippen LogP contribution in [-0.4, -0.2) is 46.0 Å². The molecule has 2 heterocycles. The number of alkyl halides is 3. The summed E-state index contributed by atoms with van der Waals surface area (Å²) in [5.41, 5.74) is -2.22. The van der Waals surface area contributed by atoms with Crippen molar-refractivity contribution in [2.75, 3.05) is 19.8 Å². The van der Waals surface area contributed by atoms with E-state index in [4.69, 9.17) is 26.5 Å². The van der Waals surface area contributed by atoms with Crippen molar-refractivity contribution in [3.8, 4) is 11.3 Å². The maximum atomic E-state index is 14.1. The molecule has 1 N–H and O–H groups in total. The molecule has 1 saturated heterocycles. The molecule has 0 unspecified atom stereocenters. The number of carboxylic acid groups (broad SMARTS) is 1. The third kappa shape index (κ3) is 5.97. The van der Waals surface area contributed by atoms with Crippen molar-refractivity contribution in [2.24, 2.45) is 0 Å². The number of carbonyl (C=O) groups is 2. The van der Waals surface area contributed by atoms with Gasteiger partial charge in [0.2, 0.25) is 0 Å². The highest BCUT2D eigenvalue weighted by atomic mass is 32.2. The summed E-state index contributed by atoms with van der Waals surface area (Å²) in [5.74, 6) is -4.72. The quantitative estimate of drug-likeness (QED) is 0.235. The Morgan fingerprint density at radius 3 is 2.61 bits per heavy atom. The molecule has 0 atom stereocenters. The number of amides is 1. The average Bonchev–Trinajstić information content (AvgIpc) is 3.26. The van der Waals surface area contributed by atoms with Crippen LogP contribution in [-0.2, 0) is 20.5 Å². The first-order valence-corrected chi connectivity index (χ1v) is 10.4. The van der Waals surface area contributed by atoms with Crippen LogP contribution < -0.4 is 0 Å². The van der Waals surface area contributed by atoms with Gasteiger partial charge in [-0.15, -0.1) is 0 Å². The molecule has 1 amide bonds. The van der Waals surface area contributed by atoms with Crippen LogP contribution in [0.15, 0.2) is 33.6 Å². The Bertz CT molecular complexity index is 1130. The Balaban J connectivity index is 1.74. The molecule has 0 aliphatic carbocycles. The summed E-state index contributed by atoms with van der Waals surface area (Å²) in [5, 5.41) is 8.56. The predicted octanol–water partition coefficient (Wildman–Crippen LogP) is 4.94. The molecule has 1 fully saturated rings. The topological polar surface area (TPSA) is 80.0 Å². The number of nitrogens with zero attached hydrogens (tertiary/aromatic N) is 1. The molecule has 2 aromatic rings. The molecular formula is C20H14F5NO5S2. The van der Waals surface area contributed by atoms with Gasteiger partial charge in [0.1, 0.15) is 27.5 Å². The third-order valence-corrected chi connectivity index (χ3v) is 5.70. The van der Waals surface area contributed by atoms with E-state index in [1.54, 1.807) is 0 Å². The van der Waals surface area contributed by atoms with Gasteiger partial charge in [-0.3, -0.25) is 14.5 Å². The van der Waals surface area contributed by atoms with E-state index in [0.717, 1.165) is 11.8 Å². The Kier molecular flexibility index (Phi) is 7.55. The second-order valence-corrected chi connectivity index (χ2v) is 8.28. The number of thioether (sulfide) groups is 1. The Labute approximate surface area is 193 Å². The molecule has 1 aromatic heterocycles. The number of thiocarbonyl (C=S) groups is 1. The third-order valence-electron chi connectivity index (χ3n) is 4.32. The normalized spacial score (nSPS) is 15.7. The first kappa shape index (κ1) is 24.9. The number of furan rings is 1. The van der Waals surface area contributed by atoms with Crippen molar-refractivity contribution in [3.05, 3.63) is 52.1 Å². The van der Waals surface area contributed by atoms with E-state index < -0.39 is 40.8 Å².